The number of carbonyl (C=O) groups is 2. The molecule has 0 aliphatic carbocycles. The van der Waals surface area contributed by atoms with Gasteiger partial charge in [-0.25, -0.2) is 0 Å². The Morgan fingerprint density at radius 2 is 1.79 bits per heavy atom. The Balaban J connectivity index is 1.82. The molecule has 0 unspecified atom stereocenters. The fourth-order valence-electron chi connectivity index (χ4n) is 2.94. The summed E-state index contributed by atoms with van der Waals surface area (Å²) in [6, 6.07) is 13.1. The van der Waals surface area contributed by atoms with Crippen LogP contribution in [0.3, 0.4) is 0 Å². The van der Waals surface area contributed by atoms with Crippen molar-refractivity contribution in [2.75, 3.05) is 16.8 Å². The van der Waals surface area contributed by atoms with Crippen LogP contribution in [0.4, 0.5) is 11.4 Å². The molecule has 0 aromatic heterocycles. The Labute approximate surface area is 141 Å². The minimum atomic E-state index is -0.746. The molecule has 0 bridgehead atoms. The van der Waals surface area contributed by atoms with Crippen LogP contribution >= 0.6 is 0 Å². The number of hydrogen-bond donors (Lipinski definition) is 1. The van der Waals surface area contributed by atoms with Crippen LogP contribution in [0.5, 0.6) is 5.75 Å². The zero-order chi connectivity index (χ0) is 17.3. The van der Waals surface area contributed by atoms with Crippen LogP contribution < -0.4 is 15.0 Å². The lowest BCUT2D eigenvalue weighted by Crippen LogP contribution is -2.48. The summed E-state index contributed by atoms with van der Waals surface area (Å²) < 4.78 is 5.80. The van der Waals surface area contributed by atoms with Gasteiger partial charge in [0.25, 0.3) is 5.91 Å². The lowest BCUT2D eigenvalue weighted by atomic mass is 10.1. The average molecular weight is 324 g/mol. The van der Waals surface area contributed by atoms with E-state index < -0.39 is 6.10 Å². The van der Waals surface area contributed by atoms with E-state index in [-0.39, 0.29) is 18.4 Å². The van der Waals surface area contributed by atoms with Gasteiger partial charge in [-0.05, 0) is 49.2 Å². The van der Waals surface area contributed by atoms with Crippen molar-refractivity contribution >= 4 is 23.2 Å². The monoisotopic (exact) mass is 324 g/mol. The van der Waals surface area contributed by atoms with Crippen molar-refractivity contribution in [2.24, 2.45) is 0 Å². The van der Waals surface area contributed by atoms with E-state index in [2.05, 4.69) is 5.32 Å². The predicted molar refractivity (Wildman–Crippen MR) is 93.4 cm³/mol. The van der Waals surface area contributed by atoms with Crippen LogP contribution in [-0.4, -0.2) is 24.5 Å². The first kappa shape index (κ1) is 16.1. The van der Waals surface area contributed by atoms with Gasteiger partial charge in [-0.15, -0.1) is 0 Å². The largest absolute Gasteiger partial charge is 0.476 e. The molecule has 1 atom stereocenters. The Hall–Kier alpha value is -2.82. The maximum Gasteiger partial charge on any atom is 0.267 e. The molecular weight excluding hydrogens is 304 g/mol. The number of benzene rings is 2. The number of hydrogen-bond acceptors (Lipinski definition) is 3. The first-order valence-corrected chi connectivity index (χ1v) is 7.87. The second-order valence-corrected chi connectivity index (χ2v) is 6.07. The highest BCUT2D eigenvalue weighted by Crippen LogP contribution is 2.33. The van der Waals surface area contributed by atoms with Crippen LogP contribution in [0, 0.1) is 13.8 Å². The average Bonchev–Trinajstić information content (AvgIpc) is 2.52. The van der Waals surface area contributed by atoms with E-state index in [9.17, 15) is 9.59 Å². The van der Waals surface area contributed by atoms with Gasteiger partial charge in [0.15, 0.2) is 6.10 Å². The first-order valence-electron chi connectivity index (χ1n) is 7.87. The van der Waals surface area contributed by atoms with Crippen LogP contribution in [0.2, 0.25) is 0 Å². The van der Waals surface area contributed by atoms with Crippen molar-refractivity contribution in [3.05, 3.63) is 53.6 Å². The molecule has 0 radical (unpaired) electrons. The molecule has 0 saturated carbocycles. The minimum Gasteiger partial charge on any atom is -0.476 e. The van der Waals surface area contributed by atoms with Gasteiger partial charge >= 0.3 is 0 Å². The molecule has 1 N–H and O–H groups in total. The molecule has 124 valence electrons. The molecule has 2 amide bonds. The highest BCUT2D eigenvalue weighted by atomic mass is 16.5. The van der Waals surface area contributed by atoms with Crippen molar-refractivity contribution in [3.8, 4) is 5.75 Å². The van der Waals surface area contributed by atoms with E-state index in [1.165, 1.54) is 6.92 Å². The maximum absolute atomic E-state index is 12.6. The zero-order valence-electron chi connectivity index (χ0n) is 14.0. The van der Waals surface area contributed by atoms with Crippen molar-refractivity contribution in [1.82, 2.24) is 0 Å². The van der Waals surface area contributed by atoms with Gasteiger partial charge in [-0.3, -0.25) is 9.59 Å². The van der Waals surface area contributed by atoms with Crippen LogP contribution in [0.1, 0.15) is 18.1 Å². The zero-order valence-corrected chi connectivity index (χ0v) is 14.0. The SMILES string of the molecule is CC(=O)N1C[C@H](C(=O)Nc2cc(C)cc(C)c2)Oc2ccccc21. The molecule has 3 rings (SSSR count). The fourth-order valence-corrected chi connectivity index (χ4v) is 2.94. The molecule has 2 aromatic rings. The molecule has 5 nitrogen and oxygen atoms in total. The number of aryl methyl sites for hydroxylation is 2. The minimum absolute atomic E-state index is 0.116. The van der Waals surface area contributed by atoms with E-state index in [4.69, 9.17) is 4.74 Å². The Morgan fingerprint density at radius 3 is 2.46 bits per heavy atom. The van der Waals surface area contributed by atoms with Gasteiger partial charge in [-0.2, -0.15) is 0 Å². The third-order valence-corrected chi connectivity index (χ3v) is 3.94. The van der Waals surface area contributed by atoms with Gasteiger partial charge in [0, 0.05) is 12.6 Å². The predicted octanol–water partition coefficient (Wildman–Crippen LogP) is 3.06. The lowest BCUT2D eigenvalue weighted by Gasteiger charge is -2.33. The van der Waals surface area contributed by atoms with Gasteiger partial charge in [-0.1, -0.05) is 18.2 Å². The van der Waals surface area contributed by atoms with Crippen LogP contribution in [0.15, 0.2) is 42.5 Å². The summed E-state index contributed by atoms with van der Waals surface area (Å²) in [4.78, 5) is 26.1. The number of nitrogens with zero attached hydrogens (tertiary/aromatic N) is 1. The summed E-state index contributed by atoms with van der Waals surface area (Å²) >= 11 is 0. The third-order valence-electron chi connectivity index (χ3n) is 3.94. The Morgan fingerprint density at radius 1 is 1.12 bits per heavy atom. The van der Waals surface area contributed by atoms with E-state index in [0.29, 0.717) is 11.4 Å². The summed E-state index contributed by atoms with van der Waals surface area (Å²) in [6.45, 7) is 5.64. The Kier molecular flexibility index (Phi) is 4.25. The topological polar surface area (TPSA) is 58.6 Å². The number of para-hydroxylation sites is 2. The van der Waals surface area contributed by atoms with Crippen molar-refractivity contribution in [3.63, 3.8) is 0 Å². The molecular formula is C19H20N2O3. The highest BCUT2D eigenvalue weighted by Gasteiger charge is 2.32. The normalized spacial score (nSPS) is 16.1. The molecule has 24 heavy (non-hydrogen) atoms. The van der Waals surface area contributed by atoms with Crippen LogP contribution in [-0.2, 0) is 9.59 Å². The number of amides is 2. The molecule has 5 heteroatoms. The number of fused-ring (bicyclic) bond motifs is 1. The van der Waals surface area contributed by atoms with E-state index in [1.807, 2.05) is 50.2 Å². The number of anilines is 2. The second-order valence-electron chi connectivity index (χ2n) is 6.07. The van der Waals surface area contributed by atoms with Crippen molar-refractivity contribution < 1.29 is 14.3 Å². The quantitative estimate of drug-likeness (QED) is 0.923. The smallest absolute Gasteiger partial charge is 0.267 e. The first-order chi connectivity index (χ1) is 11.4. The van der Waals surface area contributed by atoms with E-state index in [0.717, 1.165) is 16.8 Å². The lowest BCUT2D eigenvalue weighted by molar-refractivity contribution is -0.123. The van der Waals surface area contributed by atoms with Crippen molar-refractivity contribution in [1.29, 1.82) is 0 Å². The molecule has 0 saturated heterocycles. The summed E-state index contributed by atoms with van der Waals surface area (Å²) in [5.41, 5.74) is 3.57. The van der Waals surface area contributed by atoms with Gasteiger partial charge in [0.05, 0.1) is 12.2 Å². The molecule has 0 fully saturated rings. The number of carbonyl (C=O) groups excluding carboxylic acids is 2. The summed E-state index contributed by atoms with van der Waals surface area (Å²) in [7, 11) is 0. The van der Waals surface area contributed by atoms with E-state index >= 15 is 0 Å². The number of rotatable bonds is 2. The summed E-state index contributed by atoms with van der Waals surface area (Å²) in [5.74, 6) is 0.162. The fraction of sp³-hybridized carbons (Fsp3) is 0.263. The van der Waals surface area contributed by atoms with Crippen LogP contribution in [0.25, 0.3) is 0 Å². The Bertz CT molecular complexity index is 781. The molecule has 0 spiro atoms. The second kappa shape index (κ2) is 6.35. The molecule has 1 aliphatic heterocycles. The molecule has 2 aromatic carbocycles. The van der Waals surface area contributed by atoms with Gasteiger partial charge in [0.2, 0.25) is 5.91 Å². The highest BCUT2D eigenvalue weighted by molar-refractivity contribution is 5.99. The number of ether oxygens (including phenoxy) is 1. The van der Waals surface area contributed by atoms with E-state index in [1.54, 1.807) is 11.0 Å². The standard InChI is InChI=1S/C19H20N2O3/c1-12-8-13(2)10-15(9-12)20-19(23)18-11-21(14(3)22)16-6-4-5-7-17(16)24-18/h4-10,18H,11H2,1-3H3,(H,20,23)/t18-/m1/s1. The van der Waals surface area contributed by atoms with Gasteiger partial charge < -0.3 is 15.0 Å². The number of nitrogens with one attached hydrogen (secondary N) is 1. The van der Waals surface area contributed by atoms with Crippen molar-refractivity contribution in [2.45, 2.75) is 26.9 Å². The molecule has 1 heterocycles. The summed E-state index contributed by atoms with van der Waals surface area (Å²) in [6.07, 6.45) is -0.746. The summed E-state index contributed by atoms with van der Waals surface area (Å²) in [5, 5.41) is 2.88. The maximum atomic E-state index is 12.6. The van der Waals surface area contributed by atoms with Gasteiger partial charge in [0.1, 0.15) is 5.75 Å². The molecule has 1 aliphatic rings. The third kappa shape index (κ3) is 3.25.